The van der Waals surface area contributed by atoms with Gasteiger partial charge in [-0.15, -0.1) is 0 Å². The van der Waals surface area contributed by atoms with E-state index in [-0.39, 0.29) is 30.9 Å². The predicted octanol–water partition coefficient (Wildman–Crippen LogP) is 4.39. The van der Waals surface area contributed by atoms with Crippen molar-refractivity contribution in [2.45, 2.75) is 71.4 Å². The normalized spacial score (nSPS) is 14.6. The van der Waals surface area contributed by atoms with Gasteiger partial charge in [-0.25, -0.2) is 22.9 Å². The number of rotatable bonds is 6. The molecule has 0 aliphatic carbocycles. The minimum atomic E-state index is -4.81. The maximum Gasteiger partial charge on any atom is 0.449 e. The summed E-state index contributed by atoms with van der Waals surface area (Å²) in [5, 5.41) is 2.41. The fourth-order valence-electron chi connectivity index (χ4n) is 4.05. The maximum absolute atomic E-state index is 14.3. The second kappa shape index (κ2) is 10.7. The number of alkyl halides is 3. The highest BCUT2D eigenvalue weighted by Crippen LogP contribution is 2.32. The first-order chi connectivity index (χ1) is 17.5. The Labute approximate surface area is 213 Å². The number of halogens is 6. The molecule has 1 aliphatic rings. The highest BCUT2D eigenvalue weighted by atomic mass is 19.4. The van der Waals surface area contributed by atoms with Gasteiger partial charge in [-0.3, -0.25) is 9.59 Å². The summed E-state index contributed by atoms with van der Waals surface area (Å²) in [7, 11) is 0. The largest absolute Gasteiger partial charge is 0.449 e. The molecular formula is C24H26F6N4O4. The SMILES string of the molecule is CC(=O)c1nc(C(F)(F)F)n2c1CN(C(=O)CC(Cc1cc(F)c(F)cc1F)NC(=O)OC(C)(C)C)CC2. The number of ether oxygens (including phenoxy) is 1. The van der Waals surface area contributed by atoms with E-state index in [9.17, 15) is 40.7 Å². The molecule has 0 radical (unpaired) electrons. The quantitative estimate of drug-likeness (QED) is 0.329. The molecule has 38 heavy (non-hydrogen) atoms. The van der Waals surface area contributed by atoms with Gasteiger partial charge in [0.1, 0.15) is 17.1 Å². The number of amides is 2. The van der Waals surface area contributed by atoms with E-state index in [1.165, 1.54) is 4.90 Å². The lowest BCUT2D eigenvalue weighted by molar-refractivity contribution is -0.148. The van der Waals surface area contributed by atoms with E-state index in [1.807, 2.05) is 0 Å². The van der Waals surface area contributed by atoms with Crippen molar-refractivity contribution in [2.75, 3.05) is 6.54 Å². The number of aromatic nitrogens is 2. The van der Waals surface area contributed by atoms with Crippen LogP contribution >= 0.6 is 0 Å². The van der Waals surface area contributed by atoms with E-state index < -0.39 is 77.4 Å². The number of alkyl carbamates (subject to hydrolysis) is 1. The Balaban J connectivity index is 1.84. The number of ketones is 1. The van der Waals surface area contributed by atoms with Crippen LogP contribution in [-0.2, 0) is 35.2 Å². The van der Waals surface area contributed by atoms with Gasteiger partial charge in [0.15, 0.2) is 17.4 Å². The molecule has 1 aliphatic heterocycles. The Morgan fingerprint density at radius 3 is 2.26 bits per heavy atom. The summed E-state index contributed by atoms with van der Waals surface area (Å²) in [6, 6.07) is -0.206. The van der Waals surface area contributed by atoms with E-state index in [1.54, 1.807) is 20.8 Å². The standard InChI is InChI=1S/C24H26F6N4O4/c1-12(35)20-18-11-33(5-6-34(18)21(32-20)24(28,29)30)19(36)9-14(31-22(37)38-23(2,3)4)7-13-8-16(26)17(27)10-15(13)25/h8,10,14H,5-7,9,11H2,1-4H3,(H,31,37). The Morgan fingerprint density at radius 1 is 1.05 bits per heavy atom. The van der Waals surface area contributed by atoms with Crippen molar-refractivity contribution in [1.29, 1.82) is 0 Å². The van der Waals surface area contributed by atoms with Crippen molar-refractivity contribution in [1.82, 2.24) is 19.8 Å². The second-order valence-electron chi connectivity index (χ2n) is 9.86. The molecule has 1 aromatic heterocycles. The number of fused-ring (bicyclic) bond motifs is 1. The highest BCUT2D eigenvalue weighted by Gasteiger charge is 2.41. The summed E-state index contributed by atoms with van der Waals surface area (Å²) < 4.78 is 87.6. The summed E-state index contributed by atoms with van der Waals surface area (Å²) >= 11 is 0. The van der Waals surface area contributed by atoms with E-state index in [0.29, 0.717) is 12.1 Å². The smallest absolute Gasteiger partial charge is 0.444 e. The lowest BCUT2D eigenvalue weighted by Gasteiger charge is -2.31. The number of hydrogen-bond donors (Lipinski definition) is 1. The molecule has 1 unspecified atom stereocenters. The number of Topliss-reactive ketones (excluding diaryl/α,β-unsaturated/α-hetero) is 1. The number of nitrogens with zero attached hydrogens (tertiary/aromatic N) is 3. The molecule has 2 heterocycles. The fraction of sp³-hybridized carbons (Fsp3) is 0.500. The number of benzene rings is 1. The third-order valence-electron chi connectivity index (χ3n) is 5.64. The van der Waals surface area contributed by atoms with Gasteiger partial charge in [0.25, 0.3) is 0 Å². The third kappa shape index (κ3) is 6.84. The van der Waals surface area contributed by atoms with Crippen molar-refractivity contribution in [3.8, 4) is 0 Å². The van der Waals surface area contributed by atoms with Gasteiger partial charge in [-0.05, 0) is 38.8 Å². The summed E-state index contributed by atoms with van der Waals surface area (Å²) in [5.41, 5.74) is -1.74. The molecule has 2 amide bonds. The number of imidazole rings is 1. The minimum absolute atomic E-state index is 0.0901. The molecule has 208 valence electrons. The summed E-state index contributed by atoms with van der Waals surface area (Å²) in [5.74, 6) is -6.45. The molecule has 0 fully saturated rings. The topological polar surface area (TPSA) is 93.5 Å². The van der Waals surface area contributed by atoms with Crippen molar-refractivity contribution < 1.29 is 45.5 Å². The molecule has 2 aromatic rings. The van der Waals surface area contributed by atoms with E-state index in [2.05, 4.69) is 10.3 Å². The van der Waals surface area contributed by atoms with Gasteiger partial charge in [-0.2, -0.15) is 13.2 Å². The van der Waals surface area contributed by atoms with Gasteiger partial charge >= 0.3 is 12.3 Å². The van der Waals surface area contributed by atoms with Crippen LogP contribution in [0.3, 0.4) is 0 Å². The molecule has 0 bridgehead atoms. The molecule has 1 N–H and O–H groups in total. The van der Waals surface area contributed by atoms with Gasteiger partial charge in [0.2, 0.25) is 11.7 Å². The zero-order chi connectivity index (χ0) is 28.6. The number of hydrogen-bond acceptors (Lipinski definition) is 5. The average Bonchev–Trinajstić information content (AvgIpc) is 3.15. The van der Waals surface area contributed by atoms with Crippen LogP contribution in [0.1, 0.15) is 61.7 Å². The first-order valence-corrected chi connectivity index (χ1v) is 11.5. The van der Waals surface area contributed by atoms with Gasteiger partial charge in [0.05, 0.1) is 12.2 Å². The van der Waals surface area contributed by atoms with Crippen molar-refractivity contribution in [3.63, 3.8) is 0 Å². The van der Waals surface area contributed by atoms with Crippen LogP contribution < -0.4 is 5.32 Å². The van der Waals surface area contributed by atoms with Crippen LogP contribution in [-0.4, -0.2) is 50.4 Å². The summed E-state index contributed by atoms with van der Waals surface area (Å²) in [4.78, 5) is 42.0. The summed E-state index contributed by atoms with van der Waals surface area (Å²) in [6.45, 7) is 4.98. The first kappa shape index (κ1) is 29.0. The van der Waals surface area contributed by atoms with Crippen molar-refractivity contribution in [2.24, 2.45) is 0 Å². The molecule has 14 heteroatoms. The van der Waals surface area contributed by atoms with Crippen LogP contribution in [0.15, 0.2) is 12.1 Å². The lowest BCUT2D eigenvalue weighted by Crippen LogP contribution is -2.45. The predicted molar refractivity (Wildman–Crippen MR) is 120 cm³/mol. The van der Waals surface area contributed by atoms with Crippen molar-refractivity contribution >= 4 is 17.8 Å². The number of carbonyl (C=O) groups is 3. The number of nitrogens with one attached hydrogen (secondary N) is 1. The Morgan fingerprint density at radius 2 is 1.68 bits per heavy atom. The Kier molecular flexibility index (Phi) is 8.13. The molecule has 8 nitrogen and oxygen atoms in total. The van der Waals surface area contributed by atoms with Gasteiger partial charge in [0, 0.05) is 38.5 Å². The molecule has 0 saturated heterocycles. The van der Waals surface area contributed by atoms with Crippen LogP contribution in [0, 0.1) is 17.5 Å². The number of carbonyl (C=O) groups excluding carboxylic acids is 3. The molecular weight excluding hydrogens is 522 g/mol. The zero-order valence-corrected chi connectivity index (χ0v) is 21.0. The molecule has 3 rings (SSSR count). The average molecular weight is 548 g/mol. The van der Waals surface area contributed by atoms with Crippen molar-refractivity contribution in [3.05, 3.63) is 52.4 Å². The maximum atomic E-state index is 14.3. The Hall–Kier alpha value is -3.58. The molecule has 0 saturated carbocycles. The van der Waals surface area contributed by atoms with E-state index in [0.717, 1.165) is 11.5 Å². The third-order valence-corrected chi connectivity index (χ3v) is 5.64. The van der Waals surface area contributed by atoms with Gasteiger partial charge in [-0.1, -0.05) is 0 Å². The van der Waals surface area contributed by atoms with E-state index in [4.69, 9.17) is 4.74 Å². The summed E-state index contributed by atoms with van der Waals surface area (Å²) in [6.07, 6.45) is -6.67. The molecule has 1 atom stereocenters. The van der Waals surface area contributed by atoms with Crippen LogP contribution in [0.25, 0.3) is 0 Å². The molecule has 0 spiro atoms. The van der Waals surface area contributed by atoms with E-state index >= 15 is 0 Å². The van der Waals surface area contributed by atoms with Crippen LogP contribution in [0.4, 0.5) is 31.1 Å². The van der Waals surface area contributed by atoms with Gasteiger partial charge < -0.3 is 19.5 Å². The lowest BCUT2D eigenvalue weighted by atomic mass is 10.0. The monoisotopic (exact) mass is 548 g/mol. The highest BCUT2D eigenvalue weighted by molar-refractivity contribution is 5.93. The first-order valence-electron chi connectivity index (χ1n) is 11.5. The van der Waals surface area contributed by atoms with Crippen LogP contribution in [0.5, 0.6) is 0 Å². The fourth-order valence-corrected chi connectivity index (χ4v) is 4.05. The zero-order valence-electron chi connectivity index (χ0n) is 21.0. The molecule has 1 aromatic carbocycles. The Bertz CT molecular complexity index is 1250. The van der Waals surface area contributed by atoms with Crippen LogP contribution in [0.2, 0.25) is 0 Å². The second-order valence-corrected chi connectivity index (χ2v) is 9.86. The minimum Gasteiger partial charge on any atom is -0.444 e.